The SMILES string of the molecule is CC1(C(=O)NN)C(=O)Nc2cc3c(cc21)NC(c1cccnc1)N3. The molecule has 2 aliphatic rings. The van der Waals surface area contributed by atoms with Gasteiger partial charge >= 0.3 is 0 Å². The minimum Gasteiger partial charge on any atom is -0.360 e. The van der Waals surface area contributed by atoms with E-state index in [-0.39, 0.29) is 6.17 Å². The van der Waals surface area contributed by atoms with E-state index in [1.807, 2.05) is 18.2 Å². The summed E-state index contributed by atoms with van der Waals surface area (Å²) in [6.45, 7) is 1.56. The van der Waals surface area contributed by atoms with Gasteiger partial charge in [-0.1, -0.05) is 6.07 Å². The molecule has 2 aromatic rings. The van der Waals surface area contributed by atoms with E-state index in [0.717, 1.165) is 16.9 Å². The van der Waals surface area contributed by atoms with Crippen molar-refractivity contribution in [1.29, 1.82) is 0 Å². The van der Waals surface area contributed by atoms with Gasteiger partial charge in [-0.3, -0.25) is 20.0 Å². The first-order valence-corrected chi connectivity index (χ1v) is 7.48. The lowest BCUT2D eigenvalue weighted by Gasteiger charge is -2.20. The highest BCUT2D eigenvalue weighted by atomic mass is 16.2. The molecule has 0 bridgehead atoms. The number of carbonyl (C=O) groups excluding carboxylic acids is 2. The van der Waals surface area contributed by atoms with Crippen molar-refractivity contribution < 1.29 is 9.59 Å². The van der Waals surface area contributed by atoms with Gasteiger partial charge in [-0.15, -0.1) is 0 Å². The molecule has 0 aliphatic carbocycles. The van der Waals surface area contributed by atoms with Crippen LogP contribution in [-0.4, -0.2) is 16.8 Å². The fraction of sp³-hybridized carbons (Fsp3) is 0.188. The van der Waals surface area contributed by atoms with Crippen LogP contribution < -0.4 is 27.2 Å². The molecule has 0 spiro atoms. The van der Waals surface area contributed by atoms with Crippen LogP contribution in [0.15, 0.2) is 36.7 Å². The molecule has 0 saturated carbocycles. The topological polar surface area (TPSA) is 121 Å². The summed E-state index contributed by atoms with van der Waals surface area (Å²) in [7, 11) is 0. The molecule has 0 radical (unpaired) electrons. The second-order valence-electron chi connectivity index (χ2n) is 6.00. The zero-order valence-corrected chi connectivity index (χ0v) is 12.9. The number of hydrogen-bond acceptors (Lipinski definition) is 6. The molecule has 8 nitrogen and oxygen atoms in total. The Kier molecular flexibility index (Phi) is 2.97. The molecule has 2 amide bonds. The lowest BCUT2D eigenvalue weighted by atomic mass is 9.82. The molecule has 4 rings (SSSR count). The van der Waals surface area contributed by atoms with Crippen LogP contribution in [0.4, 0.5) is 17.1 Å². The van der Waals surface area contributed by atoms with Gasteiger partial charge in [0.15, 0.2) is 5.41 Å². The highest BCUT2D eigenvalue weighted by Crippen LogP contribution is 2.45. The van der Waals surface area contributed by atoms with Crippen LogP contribution in [0.5, 0.6) is 0 Å². The maximum atomic E-state index is 12.3. The number of nitrogens with zero attached hydrogens (tertiary/aromatic N) is 1. The number of hydrazine groups is 1. The number of rotatable bonds is 2. The van der Waals surface area contributed by atoms with E-state index in [9.17, 15) is 9.59 Å². The monoisotopic (exact) mass is 324 g/mol. The van der Waals surface area contributed by atoms with E-state index in [1.54, 1.807) is 25.4 Å². The molecular weight excluding hydrogens is 308 g/mol. The summed E-state index contributed by atoms with van der Waals surface area (Å²) in [5.74, 6) is 4.31. The molecular formula is C16H16N6O2. The summed E-state index contributed by atoms with van der Waals surface area (Å²) in [5.41, 5.74) is 4.57. The van der Waals surface area contributed by atoms with E-state index in [4.69, 9.17) is 5.84 Å². The van der Waals surface area contributed by atoms with Crippen molar-refractivity contribution in [2.24, 2.45) is 5.84 Å². The molecule has 2 aliphatic heterocycles. The van der Waals surface area contributed by atoms with Crippen molar-refractivity contribution in [3.63, 3.8) is 0 Å². The Labute approximate surface area is 137 Å². The Morgan fingerprint density at radius 3 is 2.71 bits per heavy atom. The zero-order valence-electron chi connectivity index (χ0n) is 12.9. The number of pyridine rings is 1. The van der Waals surface area contributed by atoms with Crippen molar-refractivity contribution in [2.45, 2.75) is 18.5 Å². The van der Waals surface area contributed by atoms with E-state index in [2.05, 4.69) is 26.4 Å². The van der Waals surface area contributed by atoms with Crippen LogP contribution >= 0.6 is 0 Å². The number of fused-ring (bicyclic) bond motifs is 2. The Morgan fingerprint density at radius 2 is 2.04 bits per heavy atom. The number of benzene rings is 1. The summed E-state index contributed by atoms with van der Waals surface area (Å²) < 4.78 is 0. The van der Waals surface area contributed by atoms with E-state index in [1.165, 1.54) is 0 Å². The van der Waals surface area contributed by atoms with Crippen molar-refractivity contribution in [3.8, 4) is 0 Å². The molecule has 3 heterocycles. The summed E-state index contributed by atoms with van der Waals surface area (Å²) in [6.07, 6.45) is 3.37. The number of carbonyl (C=O) groups is 2. The Hall–Kier alpha value is -3.13. The van der Waals surface area contributed by atoms with Crippen LogP contribution in [0.1, 0.15) is 24.2 Å². The van der Waals surface area contributed by atoms with Crippen LogP contribution in [-0.2, 0) is 15.0 Å². The summed E-state index contributed by atoms with van der Waals surface area (Å²) in [6, 6.07) is 7.46. The van der Waals surface area contributed by atoms with Crippen molar-refractivity contribution >= 4 is 28.9 Å². The quantitative estimate of drug-likeness (QED) is 0.241. The van der Waals surface area contributed by atoms with Gasteiger partial charge in [-0.05, 0) is 25.1 Å². The molecule has 0 saturated heterocycles. The normalized spacial score (nSPS) is 23.6. The highest BCUT2D eigenvalue weighted by Gasteiger charge is 2.49. The second-order valence-corrected chi connectivity index (χ2v) is 6.00. The first kappa shape index (κ1) is 14.5. The standard InChI is InChI=1S/C16H16N6O2/c1-16(15(24)22-17)9-5-11-12(6-10(9)21-14(16)23)20-13(19-11)8-3-2-4-18-7-8/h2-7,13,19-20H,17H2,1H3,(H,21,23)(H,22,24). The van der Waals surface area contributed by atoms with E-state index >= 15 is 0 Å². The molecule has 122 valence electrons. The molecule has 24 heavy (non-hydrogen) atoms. The smallest absolute Gasteiger partial charge is 0.253 e. The van der Waals surface area contributed by atoms with Gasteiger partial charge in [0.25, 0.3) is 5.91 Å². The van der Waals surface area contributed by atoms with Crippen LogP contribution in [0.2, 0.25) is 0 Å². The third kappa shape index (κ3) is 1.86. The maximum Gasteiger partial charge on any atom is 0.253 e. The summed E-state index contributed by atoms with van der Waals surface area (Å²) in [4.78, 5) is 28.6. The van der Waals surface area contributed by atoms with Gasteiger partial charge in [-0.25, -0.2) is 5.84 Å². The van der Waals surface area contributed by atoms with Gasteiger partial charge in [0.05, 0.1) is 11.4 Å². The van der Waals surface area contributed by atoms with Crippen molar-refractivity contribution in [3.05, 3.63) is 47.8 Å². The second kappa shape index (κ2) is 4.93. The molecule has 2 unspecified atom stereocenters. The third-order valence-electron chi connectivity index (χ3n) is 4.60. The fourth-order valence-corrected chi connectivity index (χ4v) is 3.16. The first-order valence-electron chi connectivity index (χ1n) is 7.48. The average Bonchev–Trinajstić information content (AvgIpc) is 3.13. The van der Waals surface area contributed by atoms with E-state index < -0.39 is 17.2 Å². The number of amides is 2. The Morgan fingerprint density at radius 1 is 1.29 bits per heavy atom. The molecule has 2 atom stereocenters. The molecule has 0 fully saturated rings. The van der Waals surface area contributed by atoms with Gasteiger partial charge in [-0.2, -0.15) is 0 Å². The van der Waals surface area contributed by atoms with Crippen LogP contribution in [0, 0.1) is 0 Å². The first-order chi connectivity index (χ1) is 11.5. The number of aromatic nitrogens is 1. The minimum atomic E-state index is -1.35. The summed E-state index contributed by atoms with van der Waals surface area (Å²) in [5, 5.41) is 9.43. The van der Waals surface area contributed by atoms with Crippen molar-refractivity contribution in [2.75, 3.05) is 16.0 Å². The third-order valence-corrected chi connectivity index (χ3v) is 4.60. The predicted octanol–water partition coefficient (Wildman–Crippen LogP) is 0.817. The Bertz CT molecular complexity index is 853. The number of nitrogens with two attached hydrogens (primary N) is 1. The minimum absolute atomic E-state index is 0.124. The molecule has 1 aromatic heterocycles. The molecule has 8 heteroatoms. The molecule has 1 aromatic carbocycles. The van der Waals surface area contributed by atoms with Gasteiger partial charge in [0, 0.05) is 29.2 Å². The lowest BCUT2D eigenvalue weighted by Crippen LogP contribution is -2.49. The maximum absolute atomic E-state index is 12.3. The fourth-order valence-electron chi connectivity index (χ4n) is 3.16. The average molecular weight is 324 g/mol. The molecule has 6 N–H and O–H groups in total. The highest BCUT2D eigenvalue weighted by molar-refractivity contribution is 6.20. The zero-order chi connectivity index (χ0) is 16.9. The predicted molar refractivity (Wildman–Crippen MR) is 89.0 cm³/mol. The number of nitrogens with one attached hydrogen (secondary N) is 4. The van der Waals surface area contributed by atoms with Crippen molar-refractivity contribution in [1.82, 2.24) is 10.4 Å². The van der Waals surface area contributed by atoms with Gasteiger partial charge < -0.3 is 16.0 Å². The van der Waals surface area contributed by atoms with Gasteiger partial charge in [0.1, 0.15) is 6.17 Å². The number of anilines is 3. The Balaban J connectivity index is 1.73. The van der Waals surface area contributed by atoms with Gasteiger partial charge in [0.2, 0.25) is 5.91 Å². The van der Waals surface area contributed by atoms with E-state index in [0.29, 0.717) is 11.3 Å². The largest absolute Gasteiger partial charge is 0.360 e. The lowest BCUT2D eigenvalue weighted by molar-refractivity contribution is -0.133. The van der Waals surface area contributed by atoms with Crippen LogP contribution in [0.3, 0.4) is 0 Å². The van der Waals surface area contributed by atoms with Crippen LogP contribution in [0.25, 0.3) is 0 Å². The summed E-state index contributed by atoms with van der Waals surface area (Å²) >= 11 is 0. The number of hydrogen-bond donors (Lipinski definition) is 5.